The molecule has 0 aromatic heterocycles. The maximum absolute atomic E-state index is 13.1. The molecule has 0 radical (unpaired) electrons. The normalized spacial score (nSPS) is 23.0. The Hall–Kier alpha value is -1.62. The molecule has 4 nitrogen and oxygen atoms in total. The topological polar surface area (TPSA) is 49.8 Å². The first-order valence-corrected chi connectivity index (χ1v) is 7.66. The van der Waals surface area contributed by atoms with Crippen LogP contribution in [0.5, 0.6) is 0 Å². The molecule has 1 heterocycles. The Morgan fingerprint density at radius 1 is 1.27 bits per heavy atom. The van der Waals surface area contributed by atoms with Gasteiger partial charge in [-0.05, 0) is 57.7 Å². The number of hydrogen-bond acceptors (Lipinski definition) is 3. The highest BCUT2D eigenvalue weighted by Crippen LogP contribution is 2.31. The first-order chi connectivity index (χ1) is 10.2. The summed E-state index contributed by atoms with van der Waals surface area (Å²) in [5.41, 5.74) is -1.11. The predicted molar refractivity (Wildman–Crippen MR) is 82.0 cm³/mol. The van der Waals surface area contributed by atoms with Crippen molar-refractivity contribution < 1.29 is 19.0 Å². The highest BCUT2D eigenvalue weighted by Gasteiger charge is 2.36. The minimum absolute atomic E-state index is 0.160. The molecule has 0 aliphatic carbocycles. The van der Waals surface area contributed by atoms with Gasteiger partial charge in [0.05, 0.1) is 6.54 Å². The SMILES string of the molecule is CC(C)(C)OC(=O)N1CCCCC(O)(c2ccc(F)cc2)C1. The standard InChI is InChI=1S/C17H24FNO3/c1-16(2,3)22-15(20)19-11-5-4-10-17(21,12-19)13-6-8-14(18)9-7-13/h6-9,21H,4-5,10-12H2,1-3H3. The molecule has 0 bridgehead atoms. The number of rotatable bonds is 1. The van der Waals surface area contributed by atoms with Crippen molar-refractivity contribution in [2.75, 3.05) is 13.1 Å². The van der Waals surface area contributed by atoms with Crippen LogP contribution < -0.4 is 0 Å². The highest BCUT2D eigenvalue weighted by molar-refractivity contribution is 5.68. The Labute approximate surface area is 130 Å². The second-order valence-corrected chi connectivity index (χ2v) is 6.90. The van der Waals surface area contributed by atoms with Gasteiger partial charge < -0.3 is 14.7 Å². The second kappa shape index (κ2) is 6.24. The van der Waals surface area contributed by atoms with Gasteiger partial charge in [-0.15, -0.1) is 0 Å². The summed E-state index contributed by atoms with van der Waals surface area (Å²) in [6.45, 7) is 6.16. The zero-order valence-electron chi connectivity index (χ0n) is 13.4. The highest BCUT2D eigenvalue weighted by atomic mass is 19.1. The van der Waals surface area contributed by atoms with Crippen LogP contribution in [-0.2, 0) is 10.3 Å². The van der Waals surface area contributed by atoms with Crippen molar-refractivity contribution in [3.05, 3.63) is 35.6 Å². The summed E-state index contributed by atoms with van der Waals surface area (Å²) in [5.74, 6) is -0.343. The molecule has 1 aromatic carbocycles. The lowest BCUT2D eigenvalue weighted by atomic mass is 9.89. The Kier molecular flexibility index (Phi) is 4.75. The van der Waals surface area contributed by atoms with E-state index in [0.717, 1.165) is 12.8 Å². The maximum Gasteiger partial charge on any atom is 0.410 e. The molecular formula is C17H24FNO3. The van der Waals surface area contributed by atoms with E-state index in [4.69, 9.17) is 4.74 Å². The average Bonchev–Trinajstić information content (AvgIpc) is 2.60. The van der Waals surface area contributed by atoms with Crippen LogP contribution in [0.25, 0.3) is 0 Å². The Balaban J connectivity index is 2.18. The van der Waals surface area contributed by atoms with Crippen molar-refractivity contribution in [1.82, 2.24) is 4.90 Å². The first kappa shape index (κ1) is 16.7. The number of aliphatic hydroxyl groups is 1. The summed E-state index contributed by atoms with van der Waals surface area (Å²) in [4.78, 5) is 13.8. The summed E-state index contributed by atoms with van der Waals surface area (Å²) in [7, 11) is 0. The minimum Gasteiger partial charge on any atom is -0.444 e. The van der Waals surface area contributed by atoms with Gasteiger partial charge in [-0.25, -0.2) is 9.18 Å². The fourth-order valence-corrected chi connectivity index (χ4v) is 2.67. The lowest BCUT2D eigenvalue weighted by Gasteiger charge is -2.33. The zero-order chi connectivity index (χ0) is 16.4. The third-order valence-electron chi connectivity index (χ3n) is 3.75. The van der Waals surface area contributed by atoms with Gasteiger partial charge in [0.25, 0.3) is 0 Å². The van der Waals surface area contributed by atoms with Crippen molar-refractivity contribution >= 4 is 6.09 Å². The molecule has 1 unspecified atom stereocenters. The van der Waals surface area contributed by atoms with Crippen LogP contribution in [0.3, 0.4) is 0 Å². The monoisotopic (exact) mass is 309 g/mol. The number of amides is 1. The third kappa shape index (κ3) is 4.19. The molecule has 5 heteroatoms. The molecule has 1 N–H and O–H groups in total. The maximum atomic E-state index is 13.1. The molecule has 1 saturated heterocycles. The molecule has 1 atom stereocenters. The minimum atomic E-state index is -1.17. The van der Waals surface area contributed by atoms with E-state index < -0.39 is 17.3 Å². The van der Waals surface area contributed by atoms with Crippen LogP contribution in [-0.4, -0.2) is 34.8 Å². The average molecular weight is 309 g/mol. The van der Waals surface area contributed by atoms with Crippen LogP contribution in [0.15, 0.2) is 24.3 Å². The van der Waals surface area contributed by atoms with Gasteiger partial charge in [0, 0.05) is 6.54 Å². The predicted octanol–water partition coefficient (Wildman–Crippen LogP) is 3.43. The molecule has 1 amide bonds. The summed E-state index contributed by atoms with van der Waals surface area (Å²) in [6, 6.07) is 5.81. The molecule has 122 valence electrons. The molecular weight excluding hydrogens is 285 g/mol. The number of halogens is 1. The van der Waals surface area contributed by atoms with Gasteiger partial charge in [0.1, 0.15) is 17.0 Å². The number of β-amino-alcohol motifs (C(OH)–C–C–N with tert-alkyl or cyclic N) is 1. The number of benzene rings is 1. The van der Waals surface area contributed by atoms with Gasteiger partial charge in [0.15, 0.2) is 0 Å². The van der Waals surface area contributed by atoms with E-state index >= 15 is 0 Å². The summed E-state index contributed by atoms with van der Waals surface area (Å²) >= 11 is 0. The molecule has 1 aliphatic rings. The van der Waals surface area contributed by atoms with Crippen molar-refractivity contribution in [2.24, 2.45) is 0 Å². The van der Waals surface area contributed by atoms with Crippen LogP contribution in [0.2, 0.25) is 0 Å². The van der Waals surface area contributed by atoms with Gasteiger partial charge in [-0.2, -0.15) is 0 Å². The molecule has 1 aromatic rings. The number of carbonyl (C=O) groups is 1. The fraction of sp³-hybridized carbons (Fsp3) is 0.588. The Morgan fingerprint density at radius 2 is 1.91 bits per heavy atom. The summed E-state index contributed by atoms with van der Waals surface area (Å²) < 4.78 is 18.5. The number of likely N-dealkylation sites (tertiary alicyclic amines) is 1. The van der Waals surface area contributed by atoms with Crippen LogP contribution in [0.1, 0.15) is 45.6 Å². The van der Waals surface area contributed by atoms with Gasteiger partial charge in [-0.1, -0.05) is 12.1 Å². The Bertz CT molecular complexity index is 524. The van der Waals surface area contributed by atoms with E-state index in [-0.39, 0.29) is 12.4 Å². The third-order valence-corrected chi connectivity index (χ3v) is 3.75. The zero-order valence-corrected chi connectivity index (χ0v) is 13.4. The molecule has 0 spiro atoms. The van der Waals surface area contributed by atoms with Crippen molar-refractivity contribution in [3.63, 3.8) is 0 Å². The number of nitrogens with zero attached hydrogens (tertiary/aromatic N) is 1. The largest absolute Gasteiger partial charge is 0.444 e. The van der Waals surface area contributed by atoms with E-state index in [0.29, 0.717) is 18.5 Å². The van der Waals surface area contributed by atoms with E-state index in [1.54, 1.807) is 17.0 Å². The smallest absolute Gasteiger partial charge is 0.410 e. The molecule has 1 fully saturated rings. The lowest BCUT2D eigenvalue weighted by molar-refractivity contribution is -0.0172. The molecule has 22 heavy (non-hydrogen) atoms. The number of carbonyl (C=O) groups excluding carboxylic acids is 1. The number of ether oxygens (including phenoxy) is 1. The summed E-state index contributed by atoms with van der Waals surface area (Å²) in [6.07, 6.45) is 1.73. The van der Waals surface area contributed by atoms with Crippen molar-refractivity contribution in [1.29, 1.82) is 0 Å². The van der Waals surface area contributed by atoms with E-state index in [1.165, 1.54) is 12.1 Å². The molecule has 2 rings (SSSR count). The quantitative estimate of drug-likeness (QED) is 0.864. The van der Waals surface area contributed by atoms with Crippen molar-refractivity contribution in [3.8, 4) is 0 Å². The van der Waals surface area contributed by atoms with Gasteiger partial charge in [0.2, 0.25) is 0 Å². The van der Waals surface area contributed by atoms with Gasteiger partial charge >= 0.3 is 6.09 Å². The van der Waals surface area contributed by atoms with E-state index in [9.17, 15) is 14.3 Å². The summed E-state index contributed by atoms with van der Waals surface area (Å²) in [5, 5.41) is 11.0. The molecule has 0 saturated carbocycles. The number of hydrogen-bond donors (Lipinski definition) is 1. The second-order valence-electron chi connectivity index (χ2n) is 6.90. The van der Waals surface area contributed by atoms with E-state index in [1.807, 2.05) is 20.8 Å². The fourth-order valence-electron chi connectivity index (χ4n) is 2.67. The Morgan fingerprint density at radius 3 is 2.50 bits per heavy atom. The van der Waals surface area contributed by atoms with Crippen LogP contribution in [0, 0.1) is 5.82 Å². The first-order valence-electron chi connectivity index (χ1n) is 7.66. The van der Waals surface area contributed by atoms with Crippen LogP contribution in [0.4, 0.5) is 9.18 Å². The van der Waals surface area contributed by atoms with Crippen LogP contribution >= 0.6 is 0 Å². The molecule has 1 aliphatic heterocycles. The lowest BCUT2D eigenvalue weighted by Crippen LogP contribution is -2.44. The van der Waals surface area contributed by atoms with E-state index in [2.05, 4.69) is 0 Å². The van der Waals surface area contributed by atoms with Gasteiger partial charge in [-0.3, -0.25) is 0 Å². The van der Waals surface area contributed by atoms with Crippen molar-refractivity contribution in [2.45, 2.75) is 51.2 Å².